The van der Waals surface area contributed by atoms with Crippen molar-refractivity contribution in [3.63, 3.8) is 0 Å². The molecule has 0 unspecified atom stereocenters. The van der Waals surface area contributed by atoms with Gasteiger partial charge in [-0.3, -0.25) is 9.59 Å². The minimum Gasteiger partial charge on any atom is -0.491 e. The third kappa shape index (κ3) is 4.57. The van der Waals surface area contributed by atoms with Crippen molar-refractivity contribution in [2.45, 2.75) is 33.6 Å². The van der Waals surface area contributed by atoms with Crippen LogP contribution in [0.5, 0.6) is 5.75 Å². The monoisotopic (exact) mass is 279 g/mol. The van der Waals surface area contributed by atoms with Gasteiger partial charge in [-0.15, -0.1) is 0 Å². The highest BCUT2D eigenvalue weighted by Crippen LogP contribution is 2.26. The molecule has 0 fully saturated rings. The van der Waals surface area contributed by atoms with Crippen LogP contribution in [0.1, 0.15) is 33.6 Å². The topological polar surface area (TPSA) is 75.6 Å². The number of benzene rings is 1. The second kappa shape index (κ2) is 6.93. The van der Waals surface area contributed by atoms with Gasteiger partial charge in [-0.1, -0.05) is 19.1 Å². The molecule has 1 aromatic rings. The first kappa shape index (κ1) is 16.0. The minimum atomic E-state index is -1.09. The normalized spacial score (nSPS) is 10.9. The van der Waals surface area contributed by atoms with E-state index in [-0.39, 0.29) is 12.3 Å². The van der Waals surface area contributed by atoms with E-state index in [4.69, 9.17) is 9.84 Å². The number of carbonyl (C=O) groups excluding carboxylic acids is 1. The molecule has 1 amide bonds. The summed E-state index contributed by atoms with van der Waals surface area (Å²) in [5.74, 6) is -0.746. The van der Waals surface area contributed by atoms with Gasteiger partial charge in [0.05, 0.1) is 17.7 Å². The van der Waals surface area contributed by atoms with Crippen molar-refractivity contribution in [2.75, 3.05) is 11.9 Å². The van der Waals surface area contributed by atoms with Crippen molar-refractivity contribution < 1.29 is 19.4 Å². The summed E-state index contributed by atoms with van der Waals surface area (Å²) < 4.78 is 5.53. The lowest BCUT2D eigenvalue weighted by Gasteiger charge is -2.19. The number of anilines is 1. The standard InChI is InChI=1S/C15H21NO4/c1-4-9-20-12-8-6-5-7-11(12)16-13(17)10-15(2,3)14(18)19/h5-8H,4,9-10H2,1-3H3,(H,16,17)(H,18,19). The van der Waals surface area contributed by atoms with Crippen molar-refractivity contribution >= 4 is 17.6 Å². The zero-order valence-electron chi connectivity index (χ0n) is 12.1. The Morgan fingerprint density at radius 2 is 1.95 bits per heavy atom. The summed E-state index contributed by atoms with van der Waals surface area (Å²) in [4.78, 5) is 22.9. The van der Waals surface area contributed by atoms with Crippen LogP contribution < -0.4 is 10.1 Å². The van der Waals surface area contributed by atoms with Gasteiger partial charge >= 0.3 is 5.97 Å². The molecule has 0 aliphatic heterocycles. The molecule has 0 heterocycles. The summed E-state index contributed by atoms with van der Waals surface area (Å²) in [5, 5.41) is 11.7. The molecule has 0 aliphatic rings. The Balaban J connectivity index is 2.73. The van der Waals surface area contributed by atoms with Crippen molar-refractivity contribution in [2.24, 2.45) is 5.41 Å². The van der Waals surface area contributed by atoms with E-state index in [1.807, 2.05) is 13.0 Å². The number of nitrogens with one attached hydrogen (secondary N) is 1. The summed E-state index contributed by atoms with van der Waals surface area (Å²) in [5.41, 5.74) is -0.532. The maximum atomic E-state index is 11.9. The summed E-state index contributed by atoms with van der Waals surface area (Å²) in [7, 11) is 0. The number of amides is 1. The molecule has 0 radical (unpaired) electrons. The lowest BCUT2D eigenvalue weighted by Crippen LogP contribution is -2.29. The first-order valence-corrected chi connectivity index (χ1v) is 6.62. The molecule has 5 heteroatoms. The Hall–Kier alpha value is -2.04. The fourth-order valence-corrected chi connectivity index (χ4v) is 1.58. The van der Waals surface area contributed by atoms with Gasteiger partial charge in [-0.25, -0.2) is 0 Å². The van der Waals surface area contributed by atoms with E-state index < -0.39 is 11.4 Å². The highest BCUT2D eigenvalue weighted by Gasteiger charge is 2.30. The maximum Gasteiger partial charge on any atom is 0.309 e. The van der Waals surface area contributed by atoms with Gasteiger partial charge in [0.2, 0.25) is 5.91 Å². The Morgan fingerprint density at radius 3 is 2.55 bits per heavy atom. The molecule has 1 rings (SSSR count). The van der Waals surface area contributed by atoms with Crippen molar-refractivity contribution in [1.82, 2.24) is 0 Å². The number of carboxylic acid groups (broad SMARTS) is 1. The number of aliphatic carboxylic acids is 1. The van der Waals surface area contributed by atoms with Crippen LogP contribution in [-0.2, 0) is 9.59 Å². The van der Waals surface area contributed by atoms with Gasteiger partial charge < -0.3 is 15.2 Å². The summed E-state index contributed by atoms with van der Waals surface area (Å²) in [6.45, 7) is 5.60. The number of carbonyl (C=O) groups is 2. The molecule has 5 nitrogen and oxygen atoms in total. The fraction of sp³-hybridized carbons (Fsp3) is 0.467. The number of ether oxygens (including phenoxy) is 1. The average molecular weight is 279 g/mol. The van der Waals surface area contributed by atoms with Crippen molar-refractivity contribution in [3.8, 4) is 5.75 Å². The molecule has 0 atom stereocenters. The number of hydrogen-bond donors (Lipinski definition) is 2. The second-order valence-corrected chi connectivity index (χ2v) is 5.26. The highest BCUT2D eigenvalue weighted by atomic mass is 16.5. The van der Waals surface area contributed by atoms with Gasteiger partial charge in [-0.2, -0.15) is 0 Å². The van der Waals surface area contributed by atoms with Crippen molar-refractivity contribution in [3.05, 3.63) is 24.3 Å². The number of para-hydroxylation sites is 2. The fourth-order valence-electron chi connectivity index (χ4n) is 1.58. The molecule has 0 aliphatic carbocycles. The predicted octanol–water partition coefficient (Wildman–Crippen LogP) is 2.91. The molecule has 1 aromatic carbocycles. The third-order valence-electron chi connectivity index (χ3n) is 2.80. The van der Waals surface area contributed by atoms with E-state index in [0.29, 0.717) is 18.0 Å². The van der Waals surface area contributed by atoms with Gasteiger partial charge in [-0.05, 0) is 32.4 Å². The van der Waals surface area contributed by atoms with E-state index in [9.17, 15) is 9.59 Å². The predicted molar refractivity (Wildman–Crippen MR) is 76.9 cm³/mol. The maximum absolute atomic E-state index is 11.9. The highest BCUT2D eigenvalue weighted by molar-refractivity contribution is 5.95. The van der Waals surface area contributed by atoms with E-state index >= 15 is 0 Å². The van der Waals surface area contributed by atoms with Crippen LogP contribution in [0.15, 0.2) is 24.3 Å². The molecule has 0 spiro atoms. The SMILES string of the molecule is CCCOc1ccccc1NC(=O)CC(C)(C)C(=O)O. The summed E-state index contributed by atoms with van der Waals surface area (Å²) >= 11 is 0. The lowest BCUT2D eigenvalue weighted by molar-refractivity contribution is -0.148. The van der Waals surface area contributed by atoms with Crippen LogP contribution in [0.3, 0.4) is 0 Å². The van der Waals surface area contributed by atoms with Gasteiger partial charge in [0.1, 0.15) is 5.75 Å². The van der Waals surface area contributed by atoms with Gasteiger partial charge in [0, 0.05) is 6.42 Å². The average Bonchev–Trinajstić information content (AvgIpc) is 2.36. The largest absolute Gasteiger partial charge is 0.491 e. The molecule has 110 valence electrons. The first-order valence-electron chi connectivity index (χ1n) is 6.62. The van der Waals surface area contributed by atoms with Crippen molar-refractivity contribution in [1.29, 1.82) is 0 Å². The second-order valence-electron chi connectivity index (χ2n) is 5.26. The summed E-state index contributed by atoms with van der Waals surface area (Å²) in [6.07, 6.45) is 0.777. The zero-order chi connectivity index (χ0) is 15.2. The van der Waals surface area contributed by atoms with Crippen LogP contribution in [0.4, 0.5) is 5.69 Å². The molecule has 2 N–H and O–H groups in total. The molecular weight excluding hydrogens is 258 g/mol. The number of hydrogen-bond acceptors (Lipinski definition) is 3. The Bertz CT molecular complexity index is 483. The van der Waals surface area contributed by atoms with Crippen LogP contribution in [-0.4, -0.2) is 23.6 Å². The summed E-state index contributed by atoms with van der Waals surface area (Å²) in [6, 6.07) is 7.11. The van der Waals surface area contributed by atoms with Crippen LogP contribution in [0.25, 0.3) is 0 Å². The molecule has 20 heavy (non-hydrogen) atoms. The Labute approximate surface area is 118 Å². The van der Waals surface area contributed by atoms with Crippen LogP contribution in [0.2, 0.25) is 0 Å². The van der Waals surface area contributed by atoms with Gasteiger partial charge in [0.25, 0.3) is 0 Å². The van der Waals surface area contributed by atoms with E-state index in [1.54, 1.807) is 18.2 Å². The first-order chi connectivity index (χ1) is 9.36. The Morgan fingerprint density at radius 1 is 1.30 bits per heavy atom. The molecule has 0 bridgehead atoms. The molecule has 0 saturated heterocycles. The van der Waals surface area contributed by atoms with E-state index in [1.165, 1.54) is 13.8 Å². The molecular formula is C15H21NO4. The quantitative estimate of drug-likeness (QED) is 0.804. The molecule has 0 aromatic heterocycles. The lowest BCUT2D eigenvalue weighted by atomic mass is 9.89. The van der Waals surface area contributed by atoms with Gasteiger partial charge in [0.15, 0.2) is 0 Å². The number of rotatable bonds is 7. The van der Waals surface area contributed by atoms with Crippen LogP contribution in [0, 0.1) is 5.41 Å². The minimum absolute atomic E-state index is 0.0928. The number of carboxylic acids is 1. The third-order valence-corrected chi connectivity index (χ3v) is 2.80. The molecule has 0 saturated carbocycles. The van der Waals surface area contributed by atoms with Crippen LogP contribution >= 0.6 is 0 Å². The van der Waals surface area contributed by atoms with E-state index in [2.05, 4.69) is 5.32 Å². The zero-order valence-corrected chi connectivity index (χ0v) is 12.1. The smallest absolute Gasteiger partial charge is 0.309 e. The Kier molecular flexibility index (Phi) is 5.55. The van der Waals surface area contributed by atoms with E-state index in [0.717, 1.165) is 6.42 Å².